The number of hydrogen-bond acceptors (Lipinski definition) is 2. The highest BCUT2D eigenvalue weighted by atomic mass is 19.1. The van der Waals surface area contributed by atoms with Crippen LogP contribution in [0, 0.1) is 19.7 Å². The molecule has 0 saturated carbocycles. The van der Waals surface area contributed by atoms with Gasteiger partial charge in [-0.15, -0.1) is 0 Å². The lowest BCUT2D eigenvalue weighted by Gasteiger charge is -2.19. The molecule has 1 unspecified atom stereocenters. The number of nitrogens with one attached hydrogen (secondary N) is 1. The zero-order valence-electron chi connectivity index (χ0n) is 11.9. The van der Waals surface area contributed by atoms with Crippen molar-refractivity contribution in [2.45, 2.75) is 33.2 Å². The molecule has 0 bridgehead atoms. The van der Waals surface area contributed by atoms with Crippen LogP contribution in [0.1, 0.15) is 41.2 Å². The summed E-state index contributed by atoms with van der Waals surface area (Å²) in [6.45, 7) is 5.92. The molecule has 1 N–H and O–H groups in total. The topological polar surface area (TPSA) is 25.2 Å². The highest BCUT2D eigenvalue weighted by Gasteiger charge is 2.20. The molecule has 1 aromatic carbocycles. The second-order valence-electron chi connectivity index (χ2n) is 4.83. The first-order valence-electron chi connectivity index (χ1n) is 6.59. The van der Waals surface area contributed by atoms with Crippen molar-refractivity contribution in [1.82, 2.24) is 5.32 Å². The summed E-state index contributed by atoms with van der Waals surface area (Å²) >= 11 is 0. The molecule has 1 atom stereocenters. The van der Waals surface area contributed by atoms with Crippen molar-refractivity contribution in [3.63, 3.8) is 0 Å². The molecule has 0 aliphatic heterocycles. The number of halogens is 1. The van der Waals surface area contributed by atoms with E-state index in [4.69, 9.17) is 4.42 Å². The first kappa shape index (κ1) is 13.8. The number of aryl methyl sites for hydroxylation is 3. The van der Waals surface area contributed by atoms with Gasteiger partial charge < -0.3 is 9.73 Å². The normalized spacial score (nSPS) is 12.7. The predicted molar refractivity (Wildman–Crippen MR) is 74.9 cm³/mol. The lowest BCUT2D eigenvalue weighted by molar-refractivity contribution is 0.432. The van der Waals surface area contributed by atoms with Gasteiger partial charge in [0, 0.05) is 6.42 Å². The fourth-order valence-electron chi connectivity index (χ4n) is 2.55. The average Bonchev–Trinajstić information content (AvgIpc) is 2.81. The second kappa shape index (κ2) is 5.57. The Morgan fingerprint density at radius 3 is 2.32 bits per heavy atom. The molecule has 0 saturated heterocycles. The van der Waals surface area contributed by atoms with Crippen LogP contribution in [0.2, 0.25) is 0 Å². The van der Waals surface area contributed by atoms with E-state index in [1.165, 1.54) is 0 Å². The highest BCUT2D eigenvalue weighted by molar-refractivity contribution is 5.40. The molecule has 1 heterocycles. The van der Waals surface area contributed by atoms with Gasteiger partial charge in [0.2, 0.25) is 0 Å². The van der Waals surface area contributed by atoms with Gasteiger partial charge in [-0.3, -0.25) is 0 Å². The van der Waals surface area contributed by atoms with Crippen LogP contribution in [0.25, 0.3) is 0 Å². The van der Waals surface area contributed by atoms with Crippen LogP contribution in [0.15, 0.2) is 28.7 Å². The molecule has 0 fully saturated rings. The van der Waals surface area contributed by atoms with Crippen LogP contribution in [0.3, 0.4) is 0 Å². The molecule has 1 aromatic heterocycles. The Balaban J connectivity index is 2.47. The summed E-state index contributed by atoms with van der Waals surface area (Å²) in [5, 5.41) is 3.26. The van der Waals surface area contributed by atoms with Crippen molar-refractivity contribution < 1.29 is 8.81 Å². The van der Waals surface area contributed by atoms with Gasteiger partial charge >= 0.3 is 0 Å². The summed E-state index contributed by atoms with van der Waals surface area (Å²) in [4.78, 5) is 0. The first-order chi connectivity index (χ1) is 9.06. The third kappa shape index (κ3) is 2.71. The molecule has 0 aliphatic rings. The quantitative estimate of drug-likeness (QED) is 0.902. The van der Waals surface area contributed by atoms with Crippen LogP contribution in [-0.4, -0.2) is 7.05 Å². The van der Waals surface area contributed by atoms with Gasteiger partial charge in [0.05, 0.1) is 6.04 Å². The minimum Gasteiger partial charge on any atom is -0.464 e. The number of rotatable bonds is 4. The maximum Gasteiger partial charge on any atom is 0.125 e. The fraction of sp³-hybridized carbons (Fsp3) is 0.375. The minimum atomic E-state index is -0.192. The third-order valence-corrected chi connectivity index (χ3v) is 3.45. The van der Waals surface area contributed by atoms with E-state index in [0.717, 1.165) is 34.6 Å². The highest BCUT2D eigenvalue weighted by Crippen LogP contribution is 2.29. The summed E-state index contributed by atoms with van der Waals surface area (Å²) in [6, 6.07) is 7.07. The Labute approximate surface area is 113 Å². The third-order valence-electron chi connectivity index (χ3n) is 3.45. The minimum absolute atomic E-state index is 0.0408. The SMILES string of the molecule is CCc1ccc(C(NC)c2c(C)cc(F)cc2C)o1. The molecule has 19 heavy (non-hydrogen) atoms. The van der Waals surface area contributed by atoms with Crippen LogP contribution in [0.4, 0.5) is 4.39 Å². The Hall–Kier alpha value is -1.61. The van der Waals surface area contributed by atoms with Crippen molar-refractivity contribution in [2.24, 2.45) is 0 Å². The molecule has 0 spiro atoms. The zero-order chi connectivity index (χ0) is 14.0. The van der Waals surface area contributed by atoms with Crippen LogP contribution >= 0.6 is 0 Å². The van der Waals surface area contributed by atoms with E-state index in [9.17, 15) is 4.39 Å². The molecular weight excluding hydrogens is 241 g/mol. The largest absolute Gasteiger partial charge is 0.464 e. The summed E-state index contributed by atoms with van der Waals surface area (Å²) < 4.78 is 19.2. The molecule has 0 aliphatic carbocycles. The molecule has 2 rings (SSSR count). The van der Waals surface area contributed by atoms with Gasteiger partial charge in [0.25, 0.3) is 0 Å². The van der Waals surface area contributed by atoms with Crippen molar-refractivity contribution in [2.75, 3.05) is 7.05 Å². The maximum absolute atomic E-state index is 13.4. The summed E-state index contributed by atoms with van der Waals surface area (Å²) in [7, 11) is 1.89. The lowest BCUT2D eigenvalue weighted by Crippen LogP contribution is -2.19. The van der Waals surface area contributed by atoms with Gasteiger partial charge in [-0.1, -0.05) is 6.92 Å². The van der Waals surface area contributed by atoms with Gasteiger partial charge in [0.1, 0.15) is 17.3 Å². The zero-order valence-corrected chi connectivity index (χ0v) is 11.9. The van der Waals surface area contributed by atoms with Crippen molar-refractivity contribution in [3.8, 4) is 0 Å². The maximum atomic E-state index is 13.4. The van der Waals surface area contributed by atoms with Crippen LogP contribution in [-0.2, 0) is 6.42 Å². The monoisotopic (exact) mass is 261 g/mol. The van der Waals surface area contributed by atoms with E-state index < -0.39 is 0 Å². The summed E-state index contributed by atoms with van der Waals surface area (Å²) in [6.07, 6.45) is 0.873. The summed E-state index contributed by atoms with van der Waals surface area (Å²) in [5.74, 6) is 1.65. The van der Waals surface area contributed by atoms with E-state index in [1.54, 1.807) is 12.1 Å². The van der Waals surface area contributed by atoms with E-state index in [1.807, 2.05) is 33.0 Å². The first-order valence-corrected chi connectivity index (χ1v) is 6.59. The number of benzene rings is 1. The van der Waals surface area contributed by atoms with Gasteiger partial charge in [-0.05, 0) is 61.9 Å². The van der Waals surface area contributed by atoms with E-state index in [2.05, 4.69) is 12.2 Å². The lowest BCUT2D eigenvalue weighted by atomic mass is 9.94. The molecule has 2 nitrogen and oxygen atoms in total. The Kier molecular flexibility index (Phi) is 4.05. The second-order valence-corrected chi connectivity index (χ2v) is 4.83. The molecule has 3 heteroatoms. The smallest absolute Gasteiger partial charge is 0.125 e. The van der Waals surface area contributed by atoms with E-state index in [0.29, 0.717) is 0 Å². The molecular formula is C16H20FNO. The van der Waals surface area contributed by atoms with Crippen LogP contribution in [0.5, 0.6) is 0 Å². The predicted octanol–water partition coefficient (Wildman–Crippen LogP) is 3.91. The van der Waals surface area contributed by atoms with Gasteiger partial charge in [-0.25, -0.2) is 4.39 Å². The Bertz CT molecular complexity index is 551. The average molecular weight is 261 g/mol. The number of furan rings is 1. The fourth-order valence-corrected chi connectivity index (χ4v) is 2.55. The Morgan fingerprint density at radius 1 is 1.21 bits per heavy atom. The number of hydrogen-bond donors (Lipinski definition) is 1. The van der Waals surface area contributed by atoms with Crippen molar-refractivity contribution in [3.05, 3.63) is 58.3 Å². The van der Waals surface area contributed by atoms with E-state index >= 15 is 0 Å². The van der Waals surface area contributed by atoms with E-state index in [-0.39, 0.29) is 11.9 Å². The molecule has 102 valence electrons. The standard InChI is InChI=1S/C16H20FNO/c1-5-13-6-7-14(19-13)16(18-4)15-10(2)8-12(17)9-11(15)3/h6-9,16,18H,5H2,1-4H3. The Morgan fingerprint density at radius 2 is 1.84 bits per heavy atom. The van der Waals surface area contributed by atoms with Gasteiger partial charge in [0.15, 0.2) is 0 Å². The van der Waals surface area contributed by atoms with Crippen LogP contribution < -0.4 is 5.32 Å². The molecule has 0 amide bonds. The van der Waals surface area contributed by atoms with Crippen molar-refractivity contribution >= 4 is 0 Å². The van der Waals surface area contributed by atoms with Crippen molar-refractivity contribution in [1.29, 1.82) is 0 Å². The van der Waals surface area contributed by atoms with Gasteiger partial charge in [-0.2, -0.15) is 0 Å². The molecule has 2 aromatic rings. The summed E-state index contributed by atoms with van der Waals surface area (Å²) in [5.41, 5.74) is 2.96. The molecule has 0 radical (unpaired) electrons.